The minimum atomic E-state index is 0.664. The lowest BCUT2D eigenvalue weighted by Gasteiger charge is -1.79. The zero-order valence-electron chi connectivity index (χ0n) is 3.49. The zero-order chi connectivity index (χ0) is 4.28. The quantitative estimate of drug-likeness (QED) is 0.342. The van der Waals surface area contributed by atoms with Gasteiger partial charge in [0.05, 0.1) is 12.5 Å². The highest BCUT2D eigenvalue weighted by atomic mass is 127. The molecule has 0 saturated heterocycles. The van der Waals surface area contributed by atoms with E-state index >= 15 is 0 Å². The fourth-order valence-corrected chi connectivity index (χ4v) is 0. The summed E-state index contributed by atoms with van der Waals surface area (Å²) in [6.07, 6.45) is 4.49. The van der Waals surface area contributed by atoms with Crippen molar-refractivity contribution < 1.29 is 0 Å². The Hall–Kier alpha value is 1.08. The first-order valence-corrected chi connectivity index (χ1v) is 5.11. The van der Waals surface area contributed by atoms with E-state index < -0.39 is 0 Å². The Morgan fingerprint density at radius 3 is 1.80 bits per heavy atom. The van der Waals surface area contributed by atoms with Crippen LogP contribution in [0.1, 0.15) is 0 Å². The molecule has 2 heteroatoms. The standard InChI is InChI=1S/C3H8IS/c1-5(2)3-4/h3H2,1-2H3/q+1. The third-order valence-corrected chi connectivity index (χ3v) is 4.39. The lowest BCUT2D eigenvalue weighted by Crippen LogP contribution is -1.91. The average molecular weight is 203 g/mol. The lowest BCUT2D eigenvalue weighted by molar-refractivity contribution is 2.15. The van der Waals surface area contributed by atoms with Gasteiger partial charge in [-0.3, -0.25) is 0 Å². The molecule has 0 rings (SSSR count). The number of halogens is 1. The van der Waals surface area contributed by atoms with Gasteiger partial charge in [0.25, 0.3) is 0 Å². The highest BCUT2D eigenvalue weighted by molar-refractivity contribution is 14.1. The molecule has 0 radical (unpaired) electrons. The van der Waals surface area contributed by atoms with Crippen LogP contribution in [0, 0.1) is 0 Å². The van der Waals surface area contributed by atoms with Gasteiger partial charge in [-0.1, -0.05) is 0 Å². The number of hydrogen-bond acceptors (Lipinski definition) is 0. The van der Waals surface area contributed by atoms with Crippen LogP contribution in [-0.4, -0.2) is 16.3 Å². The van der Waals surface area contributed by atoms with Crippen LogP contribution >= 0.6 is 22.6 Å². The minimum absolute atomic E-state index is 0.664. The van der Waals surface area contributed by atoms with Crippen LogP contribution in [0.4, 0.5) is 0 Å². The molecule has 0 aliphatic heterocycles. The monoisotopic (exact) mass is 203 g/mol. The van der Waals surface area contributed by atoms with E-state index in [0.29, 0.717) is 10.9 Å². The Morgan fingerprint density at radius 1 is 1.60 bits per heavy atom. The summed E-state index contributed by atoms with van der Waals surface area (Å²) in [7, 11) is 0.664. The molecule has 0 aromatic rings. The third kappa shape index (κ3) is 5.08. The normalized spacial score (nSPS) is 9.60. The van der Waals surface area contributed by atoms with Crippen molar-refractivity contribution >= 4 is 33.5 Å². The van der Waals surface area contributed by atoms with Crippen molar-refractivity contribution in [2.75, 3.05) is 16.3 Å². The van der Waals surface area contributed by atoms with Gasteiger partial charge in [0.1, 0.15) is 0 Å². The molecule has 5 heavy (non-hydrogen) atoms. The first-order valence-electron chi connectivity index (χ1n) is 1.37. The number of hydrogen-bond donors (Lipinski definition) is 0. The van der Waals surface area contributed by atoms with Gasteiger partial charge in [-0.25, -0.2) is 0 Å². The molecule has 0 N–H and O–H groups in total. The molecule has 0 aromatic heterocycles. The predicted molar refractivity (Wildman–Crippen MR) is 38.1 cm³/mol. The highest BCUT2D eigenvalue weighted by Gasteiger charge is 1.91. The fraction of sp³-hybridized carbons (Fsp3) is 1.00. The molecule has 0 bridgehead atoms. The summed E-state index contributed by atoms with van der Waals surface area (Å²) < 4.78 is 1.30. The summed E-state index contributed by atoms with van der Waals surface area (Å²) >= 11 is 2.39. The van der Waals surface area contributed by atoms with Gasteiger partial charge in [0, 0.05) is 0 Å². The first-order chi connectivity index (χ1) is 2.27. The van der Waals surface area contributed by atoms with Crippen molar-refractivity contribution in [2.45, 2.75) is 0 Å². The molecule has 0 aromatic carbocycles. The van der Waals surface area contributed by atoms with Gasteiger partial charge >= 0.3 is 0 Å². The SMILES string of the molecule is C[S+](C)CI. The van der Waals surface area contributed by atoms with Gasteiger partial charge in [-0.15, -0.1) is 0 Å². The second-order valence-electron chi connectivity index (χ2n) is 1.09. The van der Waals surface area contributed by atoms with E-state index in [1.54, 1.807) is 0 Å². The Labute approximate surface area is 49.8 Å². The molecular weight excluding hydrogens is 195 g/mol. The molecule has 0 aliphatic rings. The molecule has 0 nitrogen and oxygen atoms in total. The van der Waals surface area contributed by atoms with Crippen molar-refractivity contribution in [2.24, 2.45) is 0 Å². The highest BCUT2D eigenvalue weighted by Crippen LogP contribution is 1.88. The minimum Gasteiger partial charge on any atom is -0.0252 e. The van der Waals surface area contributed by atoms with Crippen LogP contribution in [0.15, 0.2) is 0 Å². The van der Waals surface area contributed by atoms with Crippen LogP contribution in [0.25, 0.3) is 0 Å². The van der Waals surface area contributed by atoms with E-state index in [2.05, 4.69) is 35.1 Å². The van der Waals surface area contributed by atoms with Gasteiger partial charge in [-0.2, -0.15) is 0 Å². The van der Waals surface area contributed by atoms with Crippen LogP contribution in [-0.2, 0) is 10.9 Å². The second kappa shape index (κ2) is 3.28. The topological polar surface area (TPSA) is 0 Å². The van der Waals surface area contributed by atoms with Crippen molar-refractivity contribution in [3.8, 4) is 0 Å². The van der Waals surface area contributed by atoms with Crippen LogP contribution in [0.5, 0.6) is 0 Å². The molecule has 0 unspecified atom stereocenters. The van der Waals surface area contributed by atoms with Crippen molar-refractivity contribution in [3.05, 3.63) is 0 Å². The first kappa shape index (κ1) is 6.08. The Balaban J connectivity index is 2.54. The van der Waals surface area contributed by atoms with Crippen LogP contribution in [0.3, 0.4) is 0 Å². The third-order valence-electron chi connectivity index (χ3n) is 0.218. The molecule has 0 spiro atoms. The zero-order valence-corrected chi connectivity index (χ0v) is 6.47. The van der Waals surface area contributed by atoms with Crippen LogP contribution in [0.2, 0.25) is 0 Å². The van der Waals surface area contributed by atoms with Gasteiger partial charge in [0.15, 0.2) is 3.76 Å². The van der Waals surface area contributed by atoms with Gasteiger partial charge in [-0.05, 0) is 33.5 Å². The Bertz CT molecular complexity index is 20.9. The number of rotatable bonds is 1. The van der Waals surface area contributed by atoms with E-state index in [1.165, 1.54) is 3.76 Å². The summed E-state index contributed by atoms with van der Waals surface area (Å²) in [5.74, 6) is 0. The molecule has 0 heterocycles. The van der Waals surface area contributed by atoms with E-state index in [1.807, 2.05) is 0 Å². The summed E-state index contributed by atoms with van der Waals surface area (Å²) in [5.41, 5.74) is 0. The summed E-state index contributed by atoms with van der Waals surface area (Å²) in [5, 5.41) is 0. The maximum atomic E-state index is 2.39. The molecule has 0 fully saturated rings. The molecule has 0 saturated carbocycles. The summed E-state index contributed by atoms with van der Waals surface area (Å²) in [4.78, 5) is 0. The average Bonchev–Trinajstić information content (AvgIpc) is 1.38. The molecule has 0 amide bonds. The van der Waals surface area contributed by atoms with E-state index in [4.69, 9.17) is 0 Å². The van der Waals surface area contributed by atoms with Gasteiger partial charge < -0.3 is 0 Å². The summed E-state index contributed by atoms with van der Waals surface area (Å²) in [6, 6.07) is 0. The van der Waals surface area contributed by atoms with Crippen molar-refractivity contribution in [1.29, 1.82) is 0 Å². The summed E-state index contributed by atoms with van der Waals surface area (Å²) in [6.45, 7) is 0. The Kier molecular flexibility index (Phi) is 3.98. The molecule has 0 atom stereocenters. The molecule has 0 aliphatic carbocycles. The predicted octanol–water partition coefficient (Wildman–Crippen LogP) is 1.26. The van der Waals surface area contributed by atoms with E-state index in [9.17, 15) is 0 Å². The second-order valence-corrected chi connectivity index (χ2v) is 5.15. The Morgan fingerprint density at radius 2 is 1.80 bits per heavy atom. The fourth-order valence-electron chi connectivity index (χ4n) is 0. The van der Waals surface area contributed by atoms with Crippen molar-refractivity contribution in [1.82, 2.24) is 0 Å². The van der Waals surface area contributed by atoms with Gasteiger partial charge in [0.2, 0.25) is 0 Å². The van der Waals surface area contributed by atoms with Crippen LogP contribution < -0.4 is 0 Å². The maximum absolute atomic E-state index is 2.39. The molecule has 32 valence electrons. The molecular formula is C3H8IS+. The van der Waals surface area contributed by atoms with E-state index in [0.717, 1.165) is 0 Å². The smallest absolute Gasteiger partial charge is 0.0252 e. The van der Waals surface area contributed by atoms with Crippen molar-refractivity contribution in [3.63, 3.8) is 0 Å². The largest absolute Gasteiger partial charge is 0.157 e. The lowest BCUT2D eigenvalue weighted by atomic mass is 11.9. The maximum Gasteiger partial charge on any atom is 0.157 e. The van der Waals surface area contributed by atoms with E-state index in [-0.39, 0.29) is 0 Å². The number of alkyl halides is 1.